The second kappa shape index (κ2) is 5.81. The molecule has 1 aromatic rings. The number of amides is 2. The summed E-state index contributed by atoms with van der Waals surface area (Å²) < 4.78 is 1.78. The van der Waals surface area contributed by atoms with E-state index in [1.54, 1.807) is 9.58 Å². The van der Waals surface area contributed by atoms with Crippen molar-refractivity contribution in [1.82, 2.24) is 25.0 Å². The highest BCUT2D eigenvalue weighted by Crippen LogP contribution is 2.13. The van der Waals surface area contributed by atoms with Gasteiger partial charge in [0, 0.05) is 6.54 Å². The van der Waals surface area contributed by atoms with Crippen molar-refractivity contribution in [2.75, 3.05) is 6.54 Å². The first-order valence-electron chi connectivity index (χ1n) is 6.61. The molecule has 1 saturated heterocycles. The van der Waals surface area contributed by atoms with E-state index < -0.39 is 6.04 Å². The molecular formula is C12H19N5O2. The van der Waals surface area contributed by atoms with Crippen LogP contribution >= 0.6 is 0 Å². The van der Waals surface area contributed by atoms with Crippen LogP contribution in [0.3, 0.4) is 0 Å². The fraction of sp³-hybridized carbons (Fsp3) is 0.667. The highest BCUT2D eigenvalue weighted by atomic mass is 16.2. The number of nitrogens with one attached hydrogen (secondary N) is 1. The lowest BCUT2D eigenvalue weighted by Gasteiger charge is -2.34. The minimum Gasteiger partial charge on any atom is -0.345 e. The molecule has 1 aromatic heterocycles. The average molecular weight is 265 g/mol. The van der Waals surface area contributed by atoms with Crippen LogP contribution in [0.2, 0.25) is 0 Å². The molecule has 1 fully saturated rings. The normalized spacial score (nSPS) is 19.7. The van der Waals surface area contributed by atoms with E-state index in [1.807, 2.05) is 6.92 Å². The molecule has 1 unspecified atom stereocenters. The van der Waals surface area contributed by atoms with Crippen molar-refractivity contribution < 1.29 is 9.59 Å². The molecule has 104 valence electrons. The first-order chi connectivity index (χ1) is 9.17. The van der Waals surface area contributed by atoms with E-state index >= 15 is 0 Å². The van der Waals surface area contributed by atoms with Gasteiger partial charge in [0.1, 0.15) is 18.2 Å². The average Bonchev–Trinajstić information content (AvgIpc) is 2.82. The number of nitrogens with zero attached hydrogens (tertiary/aromatic N) is 4. The summed E-state index contributed by atoms with van der Waals surface area (Å²) in [5.74, 6) is 0.560. The van der Waals surface area contributed by atoms with Gasteiger partial charge in [0.25, 0.3) is 0 Å². The maximum Gasteiger partial charge on any atom is 0.243 e. The van der Waals surface area contributed by atoms with Crippen LogP contribution in [0.1, 0.15) is 32.5 Å². The van der Waals surface area contributed by atoms with Gasteiger partial charge >= 0.3 is 0 Å². The Bertz CT molecular complexity index is 470. The summed E-state index contributed by atoms with van der Waals surface area (Å²) in [6, 6.07) is -0.409. The topological polar surface area (TPSA) is 80.1 Å². The van der Waals surface area contributed by atoms with E-state index in [0.29, 0.717) is 13.0 Å². The van der Waals surface area contributed by atoms with Crippen LogP contribution in [-0.2, 0) is 22.7 Å². The Labute approximate surface area is 112 Å². The van der Waals surface area contributed by atoms with Crippen LogP contribution in [0.25, 0.3) is 0 Å². The highest BCUT2D eigenvalue weighted by Gasteiger charge is 2.33. The maximum absolute atomic E-state index is 12.0. The smallest absolute Gasteiger partial charge is 0.243 e. The predicted molar refractivity (Wildman–Crippen MR) is 68.0 cm³/mol. The zero-order chi connectivity index (χ0) is 13.8. The standard InChI is InChI=1S/C12H19N5O2/c1-3-5-17-10(14-8-15-17)7-16-9(4-2)12(19)13-6-11(16)18/h8-9H,3-7H2,1-2H3,(H,13,19). The van der Waals surface area contributed by atoms with Crippen molar-refractivity contribution in [2.45, 2.75) is 45.8 Å². The van der Waals surface area contributed by atoms with Crippen LogP contribution in [0, 0.1) is 0 Å². The van der Waals surface area contributed by atoms with Crippen molar-refractivity contribution in [3.8, 4) is 0 Å². The number of hydrogen-bond acceptors (Lipinski definition) is 4. The van der Waals surface area contributed by atoms with Gasteiger partial charge in [-0.25, -0.2) is 9.67 Å². The predicted octanol–water partition coefficient (Wildman–Crippen LogP) is -0.0749. The van der Waals surface area contributed by atoms with Gasteiger partial charge in [-0.1, -0.05) is 13.8 Å². The Balaban J connectivity index is 2.16. The number of rotatable bonds is 5. The molecule has 19 heavy (non-hydrogen) atoms. The third kappa shape index (κ3) is 2.74. The van der Waals surface area contributed by atoms with E-state index in [-0.39, 0.29) is 18.4 Å². The zero-order valence-corrected chi connectivity index (χ0v) is 11.3. The fourth-order valence-corrected chi connectivity index (χ4v) is 2.26. The lowest BCUT2D eigenvalue weighted by atomic mass is 10.1. The monoisotopic (exact) mass is 265 g/mol. The third-order valence-electron chi connectivity index (χ3n) is 3.24. The third-order valence-corrected chi connectivity index (χ3v) is 3.24. The van der Waals surface area contributed by atoms with Gasteiger partial charge in [-0.15, -0.1) is 0 Å². The Morgan fingerprint density at radius 2 is 2.21 bits per heavy atom. The Kier molecular flexibility index (Phi) is 4.13. The molecule has 1 atom stereocenters. The molecule has 7 heteroatoms. The van der Waals surface area contributed by atoms with Crippen molar-refractivity contribution in [3.05, 3.63) is 12.2 Å². The SMILES string of the molecule is CCCn1ncnc1CN1C(=O)CNC(=O)C1CC. The van der Waals surface area contributed by atoms with Crippen molar-refractivity contribution >= 4 is 11.8 Å². The summed E-state index contributed by atoms with van der Waals surface area (Å²) in [4.78, 5) is 29.5. The van der Waals surface area contributed by atoms with Crippen LogP contribution in [0.5, 0.6) is 0 Å². The van der Waals surface area contributed by atoms with Crippen molar-refractivity contribution in [2.24, 2.45) is 0 Å². The van der Waals surface area contributed by atoms with Gasteiger partial charge in [-0.2, -0.15) is 5.10 Å². The van der Waals surface area contributed by atoms with Gasteiger partial charge in [0.2, 0.25) is 11.8 Å². The van der Waals surface area contributed by atoms with Crippen molar-refractivity contribution in [1.29, 1.82) is 0 Å². The zero-order valence-electron chi connectivity index (χ0n) is 11.3. The molecule has 0 bridgehead atoms. The summed E-state index contributed by atoms with van der Waals surface area (Å²) in [5, 5.41) is 6.74. The number of carbonyl (C=O) groups is 2. The molecule has 0 radical (unpaired) electrons. The summed E-state index contributed by atoms with van der Waals surface area (Å²) in [7, 11) is 0. The summed E-state index contributed by atoms with van der Waals surface area (Å²) in [5.41, 5.74) is 0. The molecule has 0 aromatic carbocycles. The number of hydrogen-bond donors (Lipinski definition) is 1. The number of aryl methyl sites for hydroxylation is 1. The first-order valence-corrected chi connectivity index (χ1v) is 6.61. The number of aromatic nitrogens is 3. The molecule has 0 aliphatic carbocycles. The van der Waals surface area contributed by atoms with Gasteiger partial charge < -0.3 is 10.2 Å². The Morgan fingerprint density at radius 1 is 1.42 bits per heavy atom. The summed E-state index contributed by atoms with van der Waals surface area (Å²) >= 11 is 0. The van der Waals surface area contributed by atoms with Crippen LogP contribution in [-0.4, -0.2) is 44.1 Å². The molecular weight excluding hydrogens is 246 g/mol. The largest absolute Gasteiger partial charge is 0.345 e. The minimum atomic E-state index is -0.409. The van der Waals surface area contributed by atoms with Gasteiger partial charge in [-0.05, 0) is 12.8 Å². The quantitative estimate of drug-likeness (QED) is 0.808. The molecule has 1 aliphatic rings. The Morgan fingerprint density at radius 3 is 2.89 bits per heavy atom. The molecule has 2 heterocycles. The molecule has 2 rings (SSSR count). The highest BCUT2D eigenvalue weighted by molar-refractivity contribution is 5.94. The van der Waals surface area contributed by atoms with E-state index in [0.717, 1.165) is 18.8 Å². The van der Waals surface area contributed by atoms with Gasteiger partial charge in [0.05, 0.1) is 13.1 Å². The van der Waals surface area contributed by atoms with Crippen molar-refractivity contribution in [3.63, 3.8) is 0 Å². The summed E-state index contributed by atoms with van der Waals surface area (Å²) in [6.07, 6.45) is 3.03. The lowest BCUT2D eigenvalue weighted by Crippen LogP contribution is -2.57. The lowest BCUT2D eigenvalue weighted by molar-refractivity contribution is -0.146. The number of piperazine rings is 1. The summed E-state index contributed by atoms with van der Waals surface area (Å²) in [6.45, 7) is 5.12. The molecule has 1 N–H and O–H groups in total. The molecule has 1 aliphatic heterocycles. The second-order valence-electron chi connectivity index (χ2n) is 4.56. The van der Waals surface area contributed by atoms with E-state index in [9.17, 15) is 9.59 Å². The van der Waals surface area contributed by atoms with E-state index in [4.69, 9.17) is 0 Å². The first kappa shape index (κ1) is 13.5. The maximum atomic E-state index is 12.0. The molecule has 0 saturated carbocycles. The van der Waals surface area contributed by atoms with Crippen LogP contribution in [0.15, 0.2) is 6.33 Å². The second-order valence-corrected chi connectivity index (χ2v) is 4.56. The molecule has 2 amide bonds. The van der Waals surface area contributed by atoms with Crippen LogP contribution < -0.4 is 5.32 Å². The fourth-order valence-electron chi connectivity index (χ4n) is 2.26. The number of carbonyl (C=O) groups excluding carboxylic acids is 2. The van der Waals surface area contributed by atoms with Gasteiger partial charge in [-0.3, -0.25) is 9.59 Å². The van der Waals surface area contributed by atoms with E-state index in [1.165, 1.54) is 6.33 Å². The van der Waals surface area contributed by atoms with Crippen LogP contribution in [0.4, 0.5) is 0 Å². The minimum absolute atomic E-state index is 0.0667. The Hall–Kier alpha value is -1.92. The molecule has 7 nitrogen and oxygen atoms in total. The van der Waals surface area contributed by atoms with Gasteiger partial charge in [0.15, 0.2) is 0 Å². The molecule has 0 spiro atoms. The van der Waals surface area contributed by atoms with E-state index in [2.05, 4.69) is 22.3 Å².